The zero-order valence-electron chi connectivity index (χ0n) is 18.0. The first kappa shape index (κ1) is 21.4. The van der Waals surface area contributed by atoms with Gasteiger partial charge in [-0.25, -0.2) is 14.6 Å². The van der Waals surface area contributed by atoms with E-state index < -0.39 is 18.1 Å². The van der Waals surface area contributed by atoms with E-state index in [9.17, 15) is 14.7 Å². The van der Waals surface area contributed by atoms with Crippen molar-refractivity contribution in [3.63, 3.8) is 0 Å². The third-order valence-corrected chi connectivity index (χ3v) is 5.64. The number of fused-ring (bicyclic) bond motifs is 3. The van der Waals surface area contributed by atoms with Crippen molar-refractivity contribution in [2.75, 3.05) is 25.6 Å². The Morgan fingerprint density at radius 3 is 2.19 bits per heavy atom. The van der Waals surface area contributed by atoms with Crippen molar-refractivity contribution in [2.24, 2.45) is 0 Å². The number of aromatic nitrogens is 1. The lowest BCUT2D eigenvalue weighted by molar-refractivity contribution is -0.139. The summed E-state index contributed by atoms with van der Waals surface area (Å²) in [5, 5.41) is 12.0. The summed E-state index contributed by atoms with van der Waals surface area (Å²) < 4.78 is 5.47. The lowest BCUT2D eigenvalue weighted by Crippen LogP contribution is -2.43. The Balaban J connectivity index is 1.41. The number of carbonyl (C=O) groups excluding carboxylic acids is 1. The normalized spacial score (nSPS) is 13.1. The molecular formula is C25H25N3O4. The van der Waals surface area contributed by atoms with Crippen LogP contribution in [0.3, 0.4) is 0 Å². The number of hydrogen-bond donors (Lipinski definition) is 2. The van der Waals surface area contributed by atoms with Gasteiger partial charge in [-0.05, 0) is 33.9 Å². The quantitative estimate of drug-likeness (QED) is 0.593. The Morgan fingerprint density at radius 2 is 1.66 bits per heavy atom. The molecule has 4 rings (SSSR count). The SMILES string of the molecule is CN(C)c1ccc(CC(NC(=O)OCC2c3ccccc3-c3ccccc32)C(=O)O)cn1. The number of ether oxygens (including phenoxy) is 1. The van der Waals surface area contributed by atoms with Gasteiger partial charge in [-0.15, -0.1) is 0 Å². The van der Waals surface area contributed by atoms with Crippen LogP contribution in [-0.4, -0.2) is 48.9 Å². The van der Waals surface area contributed by atoms with Gasteiger partial charge in [0, 0.05) is 32.6 Å². The molecule has 1 aliphatic rings. The molecule has 0 bridgehead atoms. The van der Waals surface area contributed by atoms with Crippen LogP contribution in [0.25, 0.3) is 11.1 Å². The highest BCUT2D eigenvalue weighted by Gasteiger charge is 2.29. The lowest BCUT2D eigenvalue weighted by atomic mass is 9.98. The van der Waals surface area contributed by atoms with E-state index >= 15 is 0 Å². The van der Waals surface area contributed by atoms with Crippen molar-refractivity contribution in [3.05, 3.63) is 83.6 Å². The number of aliphatic carboxylic acids is 1. The van der Waals surface area contributed by atoms with Gasteiger partial charge < -0.3 is 20.1 Å². The van der Waals surface area contributed by atoms with Gasteiger partial charge in [0.15, 0.2) is 0 Å². The van der Waals surface area contributed by atoms with Crippen LogP contribution >= 0.6 is 0 Å². The van der Waals surface area contributed by atoms with Gasteiger partial charge >= 0.3 is 12.1 Å². The van der Waals surface area contributed by atoms with Gasteiger partial charge in [0.25, 0.3) is 0 Å². The predicted octanol–water partition coefficient (Wildman–Crippen LogP) is 3.68. The van der Waals surface area contributed by atoms with E-state index in [4.69, 9.17) is 4.74 Å². The zero-order valence-corrected chi connectivity index (χ0v) is 18.0. The maximum atomic E-state index is 12.5. The highest BCUT2D eigenvalue weighted by Crippen LogP contribution is 2.44. The molecule has 2 aromatic carbocycles. The van der Waals surface area contributed by atoms with E-state index in [1.165, 1.54) is 0 Å². The smallest absolute Gasteiger partial charge is 0.407 e. The maximum absolute atomic E-state index is 12.5. The minimum absolute atomic E-state index is 0.0841. The van der Waals surface area contributed by atoms with Gasteiger partial charge in [-0.3, -0.25) is 0 Å². The largest absolute Gasteiger partial charge is 0.480 e. The fraction of sp³-hybridized carbons (Fsp3) is 0.240. The zero-order chi connectivity index (χ0) is 22.7. The Labute approximate surface area is 186 Å². The lowest BCUT2D eigenvalue weighted by Gasteiger charge is -2.18. The molecule has 7 heteroatoms. The Kier molecular flexibility index (Phi) is 6.07. The minimum Gasteiger partial charge on any atom is -0.480 e. The monoisotopic (exact) mass is 431 g/mol. The second-order valence-electron chi connectivity index (χ2n) is 7.98. The fourth-order valence-electron chi connectivity index (χ4n) is 4.02. The van der Waals surface area contributed by atoms with Crippen LogP contribution in [0.5, 0.6) is 0 Å². The molecule has 1 aliphatic carbocycles. The number of amides is 1. The van der Waals surface area contributed by atoms with Gasteiger partial charge in [0.2, 0.25) is 0 Å². The molecule has 7 nitrogen and oxygen atoms in total. The van der Waals surface area contributed by atoms with Crippen molar-refractivity contribution in [1.29, 1.82) is 0 Å². The molecule has 164 valence electrons. The predicted molar refractivity (Wildman–Crippen MR) is 122 cm³/mol. The number of carboxylic acids is 1. The van der Waals surface area contributed by atoms with Crippen LogP contribution in [0.1, 0.15) is 22.6 Å². The summed E-state index contributed by atoms with van der Waals surface area (Å²) in [6.45, 7) is 0.130. The van der Waals surface area contributed by atoms with Crippen LogP contribution in [0.2, 0.25) is 0 Å². The number of rotatable bonds is 7. The van der Waals surface area contributed by atoms with Crippen molar-refractivity contribution < 1.29 is 19.4 Å². The van der Waals surface area contributed by atoms with Crippen molar-refractivity contribution >= 4 is 17.9 Å². The standard InChI is InChI=1S/C25H25N3O4/c1-28(2)23-12-11-16(14-26-23)13-22(24(29)30)27-25(31)32-15-21-19-9-5-3-7-17(19)18-8-4-6-10-20(18)21/h3-12,14,21-22H,13,15H2,1-2H3,(H,27,31)(H,29,30). The molecule has 3 aromatic rings. The first-order chi connectivity index (χ1) is 15.4. The van der Waals surface area contributed by atoms with Crippen molar-refractivity contribution in [3.8, 4) is 11.1 Å². The third-order valence-electron chi connectivity index (χ3n) is 5.64. The molecule has 0 saturated heterocycles. The summed E-state index contributed by atoms with van der Waals surface area (Å²) in [6, 6.07) is 18.6. The van der Waals surface area contributed by atoms with Gasteiger partial charge in [-0.2, -0.15) is 0 Å². The summed E-state index contributed by atoms with van der Waals surface area (Å²) in [5.41, 5.74) is 5.18. The first-order valence-corrected chi connectivity index (χ1v) is 10.4. The van der Waals surface area contributed by atoms with E-state index in [0.717, 1.165) is 28.1 Å². The summed E-state index contributed by atoms with van der Waals surface area (Å²) in [7, 11) is 3.75. The number of carbonyl (C=O) groups is 2. The topological polar surface area (TPSA) is 91.8 Å². The minimum atomic E-state index is -1.13. The van der Waals surface area contributed by atoms with Crippen molar-refractivity contribution in [2.45, 2.75) is 18.4 Å². The number of benzene rings is 2. The molecule has 1 aromatic heterocycles. The van der Waals surface area contributed by atoms with E-state index in [1.807, 2.05) is 61.5 Å². The highest BCUT2D eigenvalue weighted by molar-refractivity contribution is 5.81. The highest BCUT2D eigenvalue weighted by atomic mass is 16.5. The van der Waals surface area contributed by atoms with Crippen LogP contribution in [0.4, 0.5) is 10.6 Å². The average molecular weight is 431 g/mol. The van der Waals surface area contributed by atoms with Crippen LogP contribution in [0.15, 0.2) is 66.9 Å². The number of nitrogens with zero attached hydrogens (tertiary/aromatic N) is 2. The first-order valence-electron chi connectivity index (χ1n) is 10.4. The third kappa shape index (κ3) is 4.42. The molecule has 2 N–H and O–H groups in total. The second kappa shape index (κ2) is 9.09. The van der Waals surface area contributed by atoms with E-state index in [2.05, 4.69) is 22.4 Å². The molecule has 1 amide bonds. The maximum Gasteiger partial charge on any atom is 0.407 e. The van der Waals surface area contributed by atoms with Crippen LogP contribution in [0, 0.1) is 0 Å². The number of alkyl carbamates (subject to hydrolysis) is 1. The Morgan fingerprint density at radius 1 is 1.03 bits per heavy atom. The molecule has 0 spiro atoms. The molecule has 0 fully saturated rings. The van der Waals surface area contributed by atoms with Crippen LogP contribution < -0.4 is 10.2 Å². The molecule has 0 saturated carbocycles. The number of nitrogens with one attached hydrogen (secondary N) is 1. The molecule has 1 atom stereocenters. The number of anilines is 1. The molecule has 1 heterocycles. The van der Waals surface area contributed by atoms with E-state index in [-0.39, 0.29) is 18.9 Å². The summed E-state index contributed by atoms with van der Waals surface area (Å²) >= 11 is 0. The average Bonchev–Trinajstić information content (AvgIpc) is 3.11. The number of pyridine rings is 1. The number of carboxylic acid groups (broad SMARTS) is 1. The molecule has 1 unspecified atom stereocenters. The summed E-state index contributed by atoms with van der Waals surface area (Å²) in [4.78, 5) is 30.3. The van der Waals surface area contributed by atoms with Gasteiger partial charge in [0.05, 0.1) is 0 Å². The van der Waals surface area contributed by atoms with E-state index in [1.54, 1.807) is 12.3 Å². The van der Waals surface area contributed by atoms with E-state index in [0.29, 0.717) is 5.56 Å². The van der Waals surface area contributed by atoms with Crippen LogP contribution in [-0.2, 0) is 16.0 Å². The summed E-state index contributed by atoms with van der Waals surface area (Å²) in [6.07, 6.45) is 0.974. The Hall–Kier alpha value is -3.87. The van der Waals surface area contributed by atoms with Gasteiger partial charge in [-0.1, -0.05) is 54.6 Å². The Bertz CT molecular complexity index is 1080. The molecule has 0 radical (unpaired) electrons. The fourth-order valence-corrected chi connectivity index (χ4v) is 4.02. The molecular weight excluding hydrogens is 406 g/mol. The molecule has 0 aliphatic heterocycles. The summed E-state index contributed by atoms with van der Waals surface area (Å²) in [5.74, 6) is -0.445. The second-order valence-corrected chi connectivity index (χ2v) is 7.98. The van der Waals surface area contributed by atoms with Gasteiger partial charge in [0.1, 0.15) is 18.5 Å². The molecule has 32 heavy (non-hydrogen) atoms. The van der Waals surface area contributed by atoms with Crippen molar-refractivity contribution in [1.82, 2.24) is 10.3 Å². The number of hydrogen-bond acceptors (Lipinski definition) is 5.